The summed E-state index contributed by atoms with van der Waals surface area (Å²) in [5.74, 6) is 0.780. The number of aromatic amines is 1. The van der Waals surface area contributed by atoms with Crippen molar-refractivity contribution in [3.8, 4) is 11.4 Å². The molecule has 0 aliphatic rings. The Morgan fingerprint density at radius 1 is 1.21 bits per heavy atom. The standard InChI is InChI=1S/C14H9Br2ClN2/c1-7-5-8(15)6-11-13(7)19-14(18-11)9-3-2-4-10(16)12(9)17/h2-6H,1H3,(H,18,19). The third kappa shape index (κ3) is 2.33. The summed E-state index contributed by atoms with van der Waals surface area (Å²) in [5.41, 5.74) is 3.98. The van der Waals surface area contributed by atoms with Gasteiger partial charge < -0.3 is 4.98 Å². The Hall–Kier alpha value is -0.840. The van der Waals surface area contributed by atoms with Crippen molar-refractivity contribution in [3.05, 3.63) is 49.9 Å². The van der Waals surface area contributed by atoms with E-state index in [1.54, 1.807) is 0 Å². The van der Waals surface area contributed by atoms with Gasteiger partial charge in [0.2, 0.25) is 0 Å². The van der Waals surface area contributed by atoms with Crippen molar-refractivity contribution in [1.82, 2.24) is 9.97 Å². The molecule has 0 saturated heterocycles. The van der Waals surface area contributed by atoms with E-state index in [0.717, 1.165) is 36.9 Å². The monoisotopic (exact) mass is 398 g/mol. The average Bonchev–Trinajstić information content (AvgIpc) is 2.76. The largest absolute Gasteiger partial charge is 0.338 e. The molecule has 5 heteroatoms. The van der Waals surface area contributed by atoms with Gasteiger partial charge in [0.25, 0.3) is 0 Å². The van der Waals surface area contributed by atoms with Crippen LogP contribution in [0.15, 0.2) is 39.3 Å². The van der Waals surface area contributed by atoms with Crippen molar-refractivity contribution in [3.63, 3.8) is 0 Å². The summed E-state index contributed by atoms with van der Waals surface area (Å²) in [6, 6.07) is 9.88. The molecule has 2 nitrogen and oxygen atoms in total. The third-order valence-electron chi connectivity index (χ3n) is 2.95. The first kappa shape index (κ1) is 13.2. The molecule has 1 N–H and O–H groups in total. The van der Waals surface area contributed by atoms with Gasteiger partial charge in [-0.15, -0.1) is 0 Å². The van der Waals surface area contributed by atoms with Gasteiger partial charge in [-0.2, -0.15) is 0 Å². The number of halogens is 3. The first-order chi connectivity index (χ1) is 9.06. The van der Waals surface area contributed by atoms with E-state index in [9.17, 15) is 0 Å². The number of benzene rings is 2. The SMILES string of the molecule is Cc1cc(Br)cc2[nH]c(-c3cccc(Br)c3Cl)nc12. The van der Waals surface area contributed by atoms with E-state index in [-0.39, 0.29) is 0 Å². The summed E-state index contributed by atoms with van der Waals surface area (Å²) in [5, 5.41) is 0.665. The maximum absolute atomic E-state index is 6.31. The molecule has 0 aliphatic heterocycles. The highest BCUT2D eigenvalue weighted by atomic mass is 79.9. The smallest absolute Gasteiger partial charge is 0.140 e. The molecule has 0 bridgehead atoms. The summed E-state index contributed by atoms with van der Waals surface area (Å²) in [6.45, 7) is 2.04. The maximum Gasteiger partial charge on any atom is 0.140 e. The van der Waals surface area contributed by atoms with Crippen molar-refractivity contribution in [2.75, 3.05) is 0 Å². The van der Waals surface area contributed by atoms with Crippen LogP contribution in [0.1, 0.15) is 5.56 Å². The highest BCUT2D eigenvalue weighted by molar-refractivity contribution is 9.10. The van der Waals surface area contributed by atoms with Crippen LogP contribution in [0.25, 0.3) is 22.4 Å². The van der Waals surface area contributed by atoms with E-state index < -0.39 is 0 Å². The fourth-order valence-electron chi connectivity index (χ4n) is 2.06. The second-order valence-corrected chi connectivity index (χ2v) is 6.45. The minimum absolute atomic E-state index is 0.665. The van der Waals surface area contributed by atoms with Gasteiger partial charge in [0.1, 0.15) is 5.82 Å². The molecule has 0 aliphatic carbocycles. The number of H-pyrrole nitrogens is 1. The van der Waals surface area contributed by atoms with Crippen LogP contribution in [0.2, 0.25) is 5.02 Å². The van der Waals surface area contributed by atoms with E-state index in [1.807, 2.05) is 31.2 Å². The lowest BCUT2D eigenvalue weighted by Gasteiger charge is -2.01. The Balaban J connectivity index is 2.26. The third-order valence-corrected chi connectivity index (χ3v) is 4.70. The number of hydrogen-bond donors (Lipinski definition) is 1. The van der Waals surface area contributed by atoms with Gasteiger partial charge in [0.15, 0.2) is 0 Å². The zero-order valence-electron chi connectivity index (χ0n) is 9.97. The van der Waals surface area contributed by atoms with Gasteiger partial charge in [0.05, 0.1) is 16.1 Å². The second-order valence-electron chi connectivity index (χ2n) is 4.31. The molecular formula is C14H9Br2ClN2. The first-order valence-electron chi connectivity index (χ1n) is 5.66. The van der Waals surface area contributed by atoms with Crippen LogP contribution in [0.4, 0.5) is 0 Å². The predicted octanol–water partition coefficient (Wildman–Crippen LogP) is 5.72. The lowest BCUT2D eigenvalue weighted by Crippen LogP contribution is -1.82. The van der Waals surface area contributed by atoms with Gasteiger partial charge in [0, 0.05) is 14.5 Å². The number of fused-ring (bicyclic) bond motifs is 1. The Morgan fingerprint density at radius 3 is 2.79 bits per heavy atom. The van der Waals surface area contributed by atoms with Crippen molar-refractivity contribution in [2.24, 2.45) is 0 Å². The number of aromatic nitrogens is 2. The van der Waals surface area contributed by atoms with Gasteiger partial charge in [-0.25, -0.2) is 4.98 Å². The van der Waals surface area contributed by atoms with E-state index in [1.165, 1.54) is 0 Å². The first-order valence-corrected chi connectivity index (χ1v) is 7.63. The van der Waals surface area contributed by atoms with Crippen molar-refractivity contribution in [1.29, 1.82) is 0 Å². The number of hydrogen-bond acceptors (Lipinski definition) is 1. The zero-order chi connectivity index (χ0) is 13.6. The van der Waals surface area contributed by atoms with Crippen LogP contribution in [0, 0.1) is 6.92 Å². The quantitative estimate of drug-likeness (QED) is 0.556. The molecule has 19 heavy (non-hydrogen) atoms. The normalized spacial score (nSPS) is 11.2. The molecule has 0 amide bonds. The topological polar surface area (TPSA) is 28.7 Å². The Kier molecular flexibility index (Phi) is 3.41. The molecule has 1 aromatic heterocycles. The summed E-state index contributed by atoms with van der Waals surface area (Å²) < 4.78 is 1.90. The molecule has 2 aromatic carbocycles. The van der Waals surface area contributed by atoms with E-state index in [0.29, 0.717) is 5.02 Å². The number of aryl methyl sites for hydroxylation is 1. The summed E-state index contributed by atoms with van der Waals surface area (Å²) >= 11 is 13.2. The van der Waals surface area contributed by atoms with E-state index in [2.05, 4.69) is 47.9 Å². The Morgan fingerprint density at radius 2 is 2.00 bits per heavy atom. The van der Waals surface area contributed by atoms with Crippen LogP contribution < -0.4 is 0 Å². The van der Waals surface area contributed by atoms with Gasteiger partial charge in [-0.05, 0) is 52.7 Å². The number of nitrogens with one attached hydrogen (secondary N) is 1. The molecule has 0 fully saturated rings. The molecule has 0 radical (unpaired) electrons. The number of imidazole rings is 1. The van der Waals surface area contributed by atoms with Crippen LogP contribution in [0.5, 0.6) is 0 Å². The summed E-state index contributed by atoms with van der Waals surface area (Å²) in [4.78, 5) is 7.96. The molecule has 1 heterocycles. The Bertz CT molecular complexity index is 780. The van der Waals surface area contributed by atoms with Crippen LogP contribution in [-0.4, -0.2) is 9.97 Å². The highest BCUT2D eigenvalue weighted by Crippen LogP contribution is 2.34. The maximum atomic E-state index is 6.31. The predicted molar refractivity (Wildman–Crippen MR) is 86.7 cm³/mol. The molecule has 0 atom stereocenters. The molecule has 0 saturated carbocycles. The van der Waals surface area contributed by atoms with Crippen LogP contribution in [-0.2, 0) is 0 Å². The van der Waals surface area contributed by atoms with Crippen LogP contribution >= 0.6 is 43.5 Å². The molecule has 0 unspecified atom stereocenters. The molecule has 96 valence electrons. The van der Waals surface area contributed by atoms with Gasteiger partial charge >= 0.3 is 0 Å². The fourth-order valence-corrected chi connectivity index (χ4v) is 3.21. The van der Waals surface area contributed by atoms with Crippen molar-refractivity contribution < 1.29 is 0 Å². The minimum atomic E-state index is 0.665. The fraction of sp³-hybridized carbons (Fsp3) is 0.0714. The Labute approximate surface area is 132 Å². The second kappa shape index (κ2) is 4.93. The van der Waals surface area contributed by atoms with Gasteiger partial charge in [-0.3, -0.25) is 0 Å². The average molecular weight is 401 g/mol. The summed E-state index contributed by atoms with van der Waals surface area (Å²) in [7, 11) is 0. The number of rotatable bonds is 1. The lowest BCUT2D eigenvalue weighted by molar-refractivity contribution is 1.33. The highest BCUT2D eigenvalue weighted by Gasteiger charge is 2.12. The molecule has 3 rings (SSSR count). The van der Waals surface area contributed by atoms with Crippen molar-refractivity contribution >= 4 is 54.5 Å². The minimum Gasteiger partial charge on any atom is -0.338 e. The van der Waals surface area contributed by atoms with E-state index >= 15 is 0 Å². The molecule has 3 aromatic rings. The van der Waals surface area contributed by atoms with Crippen LogP contribution in [0.3, 0.4) is 0 Å². The molecule has 0 spiro atoms. The molecular weight excluding hydrogens is 391 g/mol. The zero-order valence-corrected chi connectivity index (χ0v) is 13.9. The van der Waals surface area contributed by atoms with Crippen molar-refractivity contribution in [2.45, 2.75) is 6.92 Å². The summed E-state index contributed by atoms with van der Waals surface area (Å²) in [6.07, 6.45) is 0. The number of nitrogens with zero attached hydrogens (tertiary/aromatic N) is 1. The van der Waals surface area contributed by atoms with Gasteiger partial charge in [-0.1, -0.05) is 33.6 Å². The van der Waals surface area contributed by atoms with E-state index in [4.69, 9.17) is 11.6 Å². The lowest BCUT2D eigenvalue weighted by atomic mass is 10.2.